The lowest BCUT2D eigenvalue weighted by Crippen LogP contribution is -2.42. The quantitative estimate of drug-likeness (QED) is 0.848. The number of rotatable bonds is 5. The molecule has 1 aromatic carbocycles. The molecular formula is C20H24N2O2. The fraction of sp³-hybridized carbons (Fsp3) is 0.400. The molecule has 0 unspecified atom stereocenters. The van der Waals surface area contributed by atoms with Gasteiger partial charge in [0.2, 0.25) is 0 Å². The molecule has 0 aliphatic carbocycles. The number of nitrogens with zero attached hydrogens (tertiary/aromatic N) is 2. The Bertz CT molecular complexity index is 687. The third kappa shape index (κ3) is 3.65. The molecule has 4 heteroatoms. The van der Waals surface area contributed by atoms with Crippen LogP contribution in [0.15, 0.2) is 48.8 Å². The number of aromatic nitrogens is 1. The van der Waals surface area contributed by atoms with Crippen LogP contribution in [-0.4, -0.2) is 41.1 Å². The summed E-state index contributed by atoms with van der Waals surface area (Å²) in [7, 11) is 0. The number of pyridine rings is 1. The van der Waals surface area contributed by atoms with E-state index in [0.29, 0.717) is 12.2 Å². The van der Waals surface area contributed by atoms with E-state index in [9.17, 15) is 4.79 Å². The fourth-order valence-corrected chi connectivity index (χ4v) is 3.42. The van der Waals surface area contributed by atoms with Crippen molar-refractivity contribution in [2.75, 3.05) is 13.2 Å². The van der Waals surface area contributed by atoms with Crippen molar-refractivity contribution in [2.45, 2.75) is 38.8 Å². The highest BCUT2D eigenvalue weighted by Crippen LogP contribution is 2.26. The summed E-state index contributed by atoms with van der Waals surface area (Å²) >= 11 is 0. The van der Waals surface area contributed by atoms with Gasteiger partial charge in [0.25, 0.3) is 5.91 Å². The van der Waals surface area contributed by atoms with E-state index >= 15 is 0 Å². The predicted molar refractivity (Wildman–Crippen MR) is 94.0 cm³/mol. The van der Waals surface area contributed by atoms with Gasteiger partial charge in [0.05, 0.1) is 17.7 Å². The van der Waals surface area contributed by atoms with Crippen LogP contribution in [0.4, 0.5) is 0 Å². The zero-order chi connectivity index (χ0) is 16.9. The number of aryl methyl sites for hydroxylation is 1. The molecule has 24 heavy (non-hydrogen) atoms. The minimum absolute atomic E-state index is 0.0503. The van der Waals surface area contributed by atoms with Gasteiger partial charge in [-0.15, -0.1) is 0 Å². The average molecular weight is 324 g/mol. The summed E-state index contributed by atoms with van der Waals surface area (Å²) in [5, 5.41) is 0. The summed E-state index contributed by atoms with van der Waals surface area (Å²) in [5.74, 6) is 0.0503. The SMILES string of the molecule is CCO[C@H]1CCN(C(=O)c2cncc(C)c2)[C@H]1Cc1ccccc1. The van der Waals surface area contributed by atoms with Gasteiger partial charge in [-0.3, -0.25) is 9.78 Å². The highest BCUT2D eigenvalue weighted by molar-refractivity contribution is 5.94. The summed E-state index contributed by atoms with van der Waals surface area (Å²) in [5.41, 5.74) is 2.89. The van der Waals surface area contributed by atoms with Crippen molar-refractivity contribution < 1.29 is 9.53 Å². The molecule has 4 nitrogen and oxygen atoms in total. The first-order valence-corrected chi connectivity index (χ1v) is 8.57. The molecule has 2 aromatic rings. The number of benzene rings is 1. The van der Waals surface area contributed by atoms with E-state index < -0.39 is 0 Å². The van der Waals surface area contributed by atoms with Gasteiger partial charge in [-0.1, -0.05) is 30.3 Å². The van der Waals surface area contributed by atoms with Crippen molar-refractivity contribution in [1.29, 1.82) is 0 Å². The maximum absolute atomic E-state index is 13.0. The maximum Gasteiger partial charge on any atom is 0.255 e. The molecule has 0 radical (unpaired) electrons. The molecule has 1 amide bonds. The standard InChI is InChI=1S/C20H24N2O2/c1-3-24-19-9-10-22(18(19)12-16-7-5-4-6-8-16)20(23)17-11-15(2)13-21-14-17/h4-8,11,13-14,18-19H,3,9-10,12H2,1-2H3/t18-,19-/m0/s1. The Morgan fingerprint density at radius 1 is 1.29 bits per heavy atom. The van der Waals surface area contributed by atoms with Crippen LogP contribution in [0.3, 0.4) is 0 Å². The van der Waals surface area contributed by atoms with Gasteiger partial charge >= 0.3 is 0 Å². The summed E-state index contributed by atoms with van der Waals surface area (Å²) in [6.45, 7) is 5.37. The molecule has 1 aliphatic heterocycles. The molecule has 2 atom stereocenters. The molecule has 1 fully saturated rings. The Balaban J connectivity index is 1.83. The Hall–Kier alpha value is -2.20. The number of hydrogen-bond donors (Lipinski definition) is 0. The Morgan fingerprint density at radius 3 is 2.79 bits per heavy atom. The fourth-order valence-electron chi connectivity index (χ4n) is 3.42. The van der Waals surface area contributed by atoms with Crippen molar-refractivity contribution in [2.24, 2.45) is 0 Å². The highest BCUT2D eigenvalue weighted by atomic mass is 16.5. The van der Waals surface area contributed by atoms with Crippen molar-refractivity contribution in [3.8, 4) is 0 Å². The molecule has 1 saturated heterocycles. The summed E-state index contributed by atoms with van der Waals surface area (Å²) in [6, 6.07) is 12.3. The largest absolute Gasteiger partial charge is 0.376 e. The lowest BCUT2D eigenvalue weighted by atomic mass is 10.0. The van der Waals surface area contributed by atoms with Crippen LogP contribution in [0.5, 0.6) is 0 Å². The zero-order valence-corrected chi connectivity index (χ0v) is 14.3. The van der Waals surface area contributed by atoms with E-state index in [1.54, 1.807) is 12.4 Å². The summed E-state index contributed by atoms with van der Waals surface area (Å²) in [6.07, 6.45) is 5.22. The molecule has 0 N–H and O–H groups in total. The van der Waals surface area contributed by atoms with Gasteiger partial charge in [-0.05, 0) is 43.9 Å². The number of carbonyl (C=O) groups is 1. The minimum Gasteiger partial charge on any atom is -0.376 e. The number of amides is 1. The first kappa shape index (κ1) is 16.7. The minimum atomic E-state index is 0.0503. The Kier molecular flexibility index (Phi) is 5.26. The number of likely N-dealkylation sites (tertiary alicyclic amines) is 1. The topological polar surface area (TPSA) is 42.4 Å². The van der Waals surface area contributed by atoms with Gasteiger partial charge in [-0.25, -0.2) is 0 Å². The lowest BCUT2D eigenvalue weighted by Gasteiger charge is -2.28. The molecule has 1 aliphatic rings. The molecule has 126 valence electrons. The van der Waals surface area contributed by atoms with Crippen LogP contribution in [0, 0.1) is 6.92 Å². The number of carbonyl (C=O) groups excluding carboxylic acids is 1. The Labute approximate surface area is 143 Å². The van der Waals surface area contributed by atoms with Gasteiger partial charge in [0.15, 0.2) is 0 Å². The second-order valence-corrected chi connectivity index (χ2v) is 6.29. The highest BCUT2D eigenvalue weighted by Gasteiger charge is 2.37. The van der Waals surface area contributed by atoms with E-state index in [1.165, 1.54) is 5.56 Å². The van der Waals surface area contributed by atoms with E-state index in [4.69, 9.17) is 4.74 Å². The smallest absolute Gasteiger partial charge is 0.255 e. The predicted octanol–water partition coefficient (Wildman–Crippen LogP) is 3.25. The van der Waals surface area contributed by atoms with Gasteiger partial charge < -0.3 is 9.64 Å². The zero-order valence-electron chi connectivity index (χ0n) is 14.3. The van der Waals surface area contributed by atoms with Crippen LogP contribution in [-0.2, 0) is 11.2 Å². The molecule has 2 heterocycles. The van der Waals surface area contributed by atoms with Crippen LogP contribution in [0.25, 0.3) is 0 Å². The third-order valence-corrected chi connectivity index (χ3v) is 4.54. The van der Waals surface area contributed by atoms with E-state index in [2.05, 4.69) is 17.1 Å². The van der Waals surface area contributed by atoms with Gasteiger partial charge in [0, 0.05) is 25.5 Å². The van der Waals surface area contributed by atoms with Crippen LogP contribution in [0.1, 0.15) is 34.8 Å². The van der Waals surface area contributed by atoms with Gasteiger partial charge in [-0.2, -0.15) is 0 Å². The molecular weight excluding hydrogens is 300 g/mol. The van der Waals surface area contributed by atoms with Crippen molar-refractivity contribution in [3.05, 3.63) is 65.5 Å². The first-order chi connectivity index (χ1) is 11.7. The van der Waals surface area contributed by atoms with Crippen LogP contribution < -0.4 is 0 Å². The normalized spacial score (nSPS) is 20.3. The van der Waals surface area contributed by atoms with E-state index in [1.807, 2.05) is 43.0 Å². The molecule has 0 saturated carbocycles. The summed E-state index contributed by atoms with van der Waals surface area (Å²) in [4.78, 5) is 19.1. The summed E-state index contributed by atoms with van der Waals surface area (Å²) < 4.78 is 5.92. The van der Waals surface area contributed by atoms with Crippen LogP contribution >= 0.6 is 0 Å². The third-order valence-electron chi connectivity index (χ3n) is 4.54. The molecule has 3 rings (SSSR count). The second kappa shape index (κ2) is 7.58. The van der Waals surface area contributed by atoms with Crippen LogP contribution in [0.2, 0.25) is 0 Å². The first-order valence-electron chi connectivity index (χ1n) is 8.57. The van der Waals surface area contributed by atoms with E-state index in [-0.39, 0.29) is 18.1 Å². The monoisotopic (exact) mass is 324 g/mol. The Morgan fingerprint density at radius 2 is 2.08 bits per heavy atom. The number of hydrogen-bond acceptors (Lipinski definition) is 3. The van der Waals surface area contributed by atoms with Gasteiger partial charge in [0.1, 0.15) is 0 Å². The van der Waals surface area contributed by atoms with Crippen molar-refractivity contribution >= 4 is 5.91 Å². The van der Waals surface area contributed by atoms with Crippen molar-refractivity contribution in [3.63, 3.8) is 0 Å². The molecule has 0 bridgehead atoms. The number of ether oxygens (including phenoxy) is 1. The lowest BCUT2D eigenvalue weighted by molar-refractivity contribution is 0.0312. The average Bonchev–Trinajstić information content (AvgIpc) is 2.98. The van der Waals surface area contributed by atoms with E-state index in [0.717, 1.165) is 24.9 Å². The second-order valence-electron chi connectivity index (χ2n) is 6.29. The van der Waals surface area contributed by atoms with Crippen molar-refractivity contribution in [1.82, 2.24) is 9.88 Å². The molecule has 1 aromatic heterocycles. The maximum atomic E-state index is 13.0. The molecule has 0 spiro atoms.